The zero-order valence-electron chi connectivity index (χ0n) is 8.43. The average molecular weight is 246 g/mol. The van der Waals surface area contributed by atoms with Crippen molar-refractivity contribution in [3.63, 3.8) is 0 Å². The molecule has 0 radical (unpaired) electrons. The molecule has 4 nitrogen and oxygen atoms in total. The molecule has 0 aromatic heterocycles. The lowest BCUT2D eigenvalue weighted by atomic mass is 10.2. The van der Waals surface area contributed by atoms with Crippen molar-refractivity contribution >= 4 is 21.8 Å². The molecule has 0 fully saturated rings. The minimum absolute atomic E-state index is 0.128. The van der Waals surface area contributed by atoms with Crippen LogP contribution in [0.1, 0.15) is 12.5 Å². The predicted molar refractivity (Wildman–Crippen MR) is 62.1 cm³/mol. The number of benzene rings is 1. The van der Waals surface area contributed by atoms with Crippen LogP contribution in [0.4, 0.5) is 0 Å². The van der Waals surface area contributed by atoms with E-state index < -0.39 is 10.0 Å². The second kappa shape index (κ2) is 4.98. The second-order valence-corrected chi connectivity index (χ2v) is 5.82. The van der Waals surface area contributed by atoms with Gasteiger partial charge in [0.05, 0.1) is 4.90 Å². The first kappa shape index (κ1) is 12.5. The number of hydrogen-bond donors (Lipinski definition) is 2. The predicted octanol–water partition coefficient (Wildman–Crippen LogP) is 0.905. The largest absolute Gasteiger partial charge is 0.326 e. The first-order valence-corrected chi connectivity index (χ1v) is 7.00. The van der Waals surface area contributed by atoms with E-state index in [1.807, 2.05) is 13.0 Å². The topological polar surface area (TPSA) is 86.2 Å². The Morgan fingerprint density at radius 2 is 2.07 bits per heavy atom. The number of nitrogens with two attached hydrogens (primary N) is 2. The van der Waals surface area contributed by atoms with E-state index in [1.165, 1.54) is 0 Å². The van der Waals surface area contributed by atoms with E-state index in [-0.39, 0.29) is 11.4 Å². The maximum absolute atomic E-state index is 11.3. The molecule has 0 bridgehead atoms. The molecular formula is C9H14N2O2S2. The summed E-state index contributed by atoms with van der Waals surface area (Å²) in [6.07, 6.45) is 0. The fourth-order valence-corrected chi connectivity index (χ4v) is 2.81. The van der Waals surface area contributed by atoms with Crippen molar-refractivity contribution < 1.29 is 8.42 Å². The van der Waals surface area contributed by atoms with Crippen molar-refractivity contribution in [2.24, 2.45) is 10.9 Å². The minimum atomic E-state index is -3.68. The number of thioether (sulfide) groups is 1. The van der Waals surface area contributed by atoms with Gasteiger partial charge in [-0.2, -0.15) is 0 Å². The standard InChI is InChI=1S/C9H14N2O2S2/c1-2-14-8-4-3-7(6-10)9(5-8)15(11,12)13/h3-5H,2,6,10H2,1H3,(H2,11,12,13). The van der Waals surface area contributed by atoms with Crippen molar-refractivity contribution in [1.29, 1.82) is 0 Å². The van der Waals surface area contributed by atoms with E-state index in [1.54, 1.807) is 23.9 Å². The van der Waals surface area contributed by atoms with Gasteiger partial charge in [-0.3, -0.25) is 0 Å². The molecule has 1 aromatic rings. The van der Waals surface area contributed by atoms with Gasteiger partial charge in [0.25, 0.3) is 0 Å². The number of hydrogen-bond acceptors (Lipinski definition) is 4. The lowest BCUT2D eigenvalue weighted by Gasteiger charge is -2.07. The van der Waals surface area contributed by atoms with Gasteiger partial charge in [0.1, 0.15) is 0 Å². The third kappa shape index (κ3) is 3.20. The van der Waals surface area contributed by atoms with Gasteiger partial charge in [0.2, 0.25) is 10.0 Å². The minimum Gasteiger partial charge on any atom is -0.326 e. The van der Waals surface area contributed by atoms with Crippen LogP contribution in [0.5, 0.6) is 0 Å². The fourth-order valence-electron chi connectivity index (χ4n) is 1.22. The van der Waals surface area contributed by atoms with Crippen LogP contribution in [0.25, 0.3) is 0 Å². The molecule has 0 heterocycles. The summed E-state index contributed by atoms with van der Waals surface area (Å²) in [7, 11) is -3.68. The normalized spacial score (nSPS) is 11.7. The van der Waals surface area contributed by atoms with Gasteiger partial charge in [-0.15, -0.1) is 11.8 Å². The monoisotopic (exact) mass is 246 g/mol. The SMILES string of the molecule is CCSc1ccc(CN)c(S(N)(=O)=O)c1. The zero-order chi connectivity index (χ0) is 11.5. The van der Waals surface area contributed by atoms with E-state index in [0.29, 0.717) is 5.56 Å². The number of primary sulfonamides is 1. The van der Waals surface area contributed by atoms with Gasteiger partial charge in [-0.05, 0) is 23.4 Å². The van der Waals surface area contributed by atoms with E-state index >= 15 is 0 Å². The molecule has 1 rings (SSSR count). The van der Waals surface area contributed by atoms with Crippen LogP contribution in [0.3, 0.4) is 0 Å². The molecule has 0 amide bonds. The molecule has 0 aliphatic carbocycles. The molecule has 15 heavy (non-hydrogen) atoms. The van der Waals surface area contributed by atoms with E-state index in [0.717, 1.165) is 10.6 Å². The van der Waals surface area contributed by atoms with Gasteiger partial charge in [0.15, 0.2) is 0 Å². The quantitative estimate of drug-likeness (QED) is 0.773. The van der Waals surface area contributed by atoms with Crippen LogP contribution in [0.15, 0.2) is 28.0 Å². The molecule has 0 spiro atoms. The van der Waals surface area contributed by atoms with Crippen molar-refractivity contribution in [3.05, 3.63) is 23.8 Å². The van der Waals surface area contributed by atoms with Crippen molar-refractivity contribution in [2.75, 3.05) is 5.75 Å². The summed E-state index contributed by atoms with van der Waals surface area (Å²) in [6, 6.07) is 5.13. The number of sulfonamides is 1. The molecule has 0 saturated carbocycles. The van der Waals surface area contributed by atoms with Gasteiger partial charge >= 0.3 is 0 Å². The summed E-state index contributed by atoms with van der Waals surface area (Å²) < 4.78 is 22.6. The molecule has 0 unspecified atom stereocenters. The van der Waals surface area contributed by atoms with Crippen LogP contribution >= 0.6 is 11.8 Å². The Morgan fingerprint density at radius 3 is 2.53 bits per heavy atom. The molecule has 0 saturated heterocycles. The fraction of sp³-hybridized carbons (Fsp3) is 0.333. The van der Waals surface area contributed by atoms with E-state index in [9.17, 15) is 8.42 Å². The number of rotatable bonds is 4. The summed E-state index contributed by atoms with van der Waals surface area (Å²) >= 11 is 1.56. The van der Waals surface area contributed by atoms with Crippen LogP contribution < -0.4 is 10.9 Å². The average Bonchev–Trinajstić information content (AvgIpc) is 2.17. The molecule has 0 aliphatic heterocycles. The third-order valence-electron chi connectivity index (χ3n) is 1.88. The van der Waals surface area contributed by atoms with Crippen molar-refractivity contribution in [3.8, 4) is 0 Å². The molecular weight excluding hydrogens is 232 g/mol. The Bertz CT molecular complexity index is 443. The molecule has 1 aromatic carbocycles. The summed E-state index contributed by atoms with van der Waals surface area (Å²) in [5.74, 6) is 0.881. The highest BCUT2D eigenvalue weighted by Gasteiger charge is 2.13. The van der Waals surface area contributed by atoms with Crippen LogP contribution in [0, 0.1) is 0 Å². The van der Waals surface area contributed by atoms with Crippen molar-refractivity contribution in [2.45, 2.75) is 23.3 Å². The molecule has 84 valence electrons. The molecule has 0 atom stereocenters. The van der Waals surface area contributed by atoms with Gasteiger partial charge in [-0.1, -0.05) is 13.0 Å². The lowest BCUT2D eigenvalue weighted by Crippen LogP contribution is -2.16. The summed E-state index contributed by atoms with van der Waals surface area (Å²) in [4.78, 5) is 1.02. The maximum Gasteiger partial charge on any atom is 0.238 e. The van der Waals surface area contributed by atoms with Crippen molar-refractivity contribution in [1.82, 2.24) is 0 Å². The van der Waals surface area contributed by atoms with E-state index in [4.69, 9.17) is 10.9 Å². The molecule has 6 heteroatoms. The summed E-state index contributed by atoms with van der Waals surface area (Å²) in [5.41, 5.74) is 6.00. The first-order valence-electron chi connectivity index (χ1n) is 4.47. The summed E-state index contributed by atoms with van der Waals surface area (Å²) in [6.45, 7) is 2.17. The Labute approximate surface area is 94.1 Å². The smallest absolute Gasteiger partial charge is 0.238 e. The van der Waals surface area contributed by atoms with Crippen LogP contribution in [-0.2, 0) is 16.6 Å². The van der Waals surface area contributed by atoms with E-state index in [2.05, 4.69) is 0 Å². The van der Waals surface area contributed by atoms with Gasteiger partial charge < -0.3 is 5.73 Å². The highest BCUT2D eigenvalue weighted by molar-refractivity contribution is 7.99. The highest BCUT2D eigenvalue weighted by atomic mass is 32.2. The second-order valence-electron chi connectivity index (χ2n) is 2.95. The Morgan fingerprint density at radius 1 is 1.40 bits per heavy atom. The Hall–Kier alpha value is -0.560. The summed E-state index contributed by atoms with van der Waals surface area (Å²) in [5, 5.41) is 5.11. The van der Waals surface area contributed by atoms with Gasteiger partial charge in [0, 0.05) is 11.4 Å². The Kier molecular flexibility index (Phi) is 4.15. The lowest BCUT2D eigenvalue weighted by molar-refractivity contribution is 0.596. The Balaban J connectivity index is 3.26. The third-order valence-corrected chi connectivity index (χ3v) is 3.75. The maximum atomic E-state index is 11.3. The molecule has 4 N–H and O–H groups in total. The molecule has 0 aliphatic rings. The van der Waals surface area contributed by atoms with Crippen LogP contribution in [0.2, 0.25) is 0 Å². The van der Waals surface area contributed by atoms with Gasteiger partial charge in [-0.25, -0.2) is 13.6 Å². The van der Waals surface area contributed by atoms with Crippen LogP contribution in [-0.4, -0.2) is 14.2 Å². The first-order chi connectivity index (χ1) is 6.99. The highest BCUT2D eigenvalue weighted by Crippen LogP contribution is 2.23. The zero-order valence-corrected chi connectivity index (χ0v) is 10.1.